The Morgan fingerprint density at radius 1 is 0.269 bits per heavy atom. The fraction of sp³-hybridized carbons (Fsp3) is 0.133. The van der Waals surface area contributed by atoms with Gasteiger partial charge in [0.25, 0.3) is 0 Å². The second kappa shape index (κ2) is 31.5. The summed E-state index contributed by atoms with van der Waals surface area (Å²) in [6.45, 7) is 21.5. The van der Waals surface area contributed by atoms with Gasteiger partial charge in [-0.05, 0) is 257 Å². The van der Waals surface area contributed by atoms with E-state index in [9.17, 15) is 0 Å². The maximum Gasteiger partial charge on any atom is 0.220 e. The summed E-state index contributed by atoms with van der Waals surface area (Å²) in [6.07, 6.45) is 1.73. The lowest BCUT2D eigenvalue weighted by molar-refractivity contribution is -0.665. The predicted octanol–water partition coefficient (Wildman–Crippen LogP) is 27.9. The molecule has 6 aromatic heterocycles. The molecule has 5 nitrogen and oxygen atoms in total. The van der Waals surface area contributed by atoms with Crippen LogP contribution in [0, 0.1) is 55.4 Å². The van der Waals surface area contributed by atoms with E-state index in [0.717, 1.165) is 116 Å². The van der Waals surface area contributed by atoms with Crippen LogP contribution >= 0.6 is 11.3 Å². The van der Waals surface area contributed by atoms with Gasteiger partial charge in [0.05, 0.1) is 55.5 Å². The van der Waals surface area contributed by atoms with Crippen molar-refractivity contribution in [1.82, 2.24) is 0 Å². The molecule has 1 aliphatic rings. The number of hydrogen-bond donors (Lipinski definition) is 0. The minimum Gasteiger partial charge on any atom is -0.464 e. The fourth-order valence-electron chi connectivity index (χ4n) is 17.9. The lowest BCUT2D eigenvalue weighted by Crippen LogP contribution is -2.35. The van der Waals surface area contributed by atoms with Gasteiger partial charge in [-0.3, -0.25) is 0 Å². The molecule has 0 saturated heterocycles. The van der Waals surface area contributed by atoms with Gasteiger partial charge < -0.3 is 4.42 Å². The number of thiophene rings is 1. The molecule has 0 fully saturated rings. The molecule has 0 atom stereocenters. The van der Waals surface area contributed by atoms with Gasteiger partial charge in [0.1, 0.15) is 33.8 Å². The van der Waals surface area contributed by atoms with Gasteiger partial charge in [0.2, 0.25) is 22.8 Å². The Bertz CT molecular complexity index is 7420. The topological polar surface area (TPSA) is 28.7 Å². The van der Waals surface area contributed by atoms with Crippen LogP contribution in [0.3, 0.4) is 0 Å². The molecule has 21 rings (SSSR count). The minimum atomic E-state index is -0.0480. The van der Waals surface area contributed by atoms with Crippen molar-refractivity contribution in [2.24, 2.45) is 28.2 Å². The summed E-state index contributed by atoms with van der Waals surface area (Å²) in [5, 5.41) is 15.5. The van der Waals surface area contributed by atoms with Crippen LogP contribution in [0.4, 0.5) is 0 Å². The molecular weight excluding hydrogens is 1460 g/mol. The third-order valence-electron chi connectivity index (χ3n) is 24.8. The zero-order valence-electron chi connectivity index (χ0n) is 74.1. The lowest BCUT2D eigenvalue weighted by Gasteiger charge is -2.22. The van der Waals surface area contributed by atoms with Crippen LogP contribution in [0.1, 0.15) is 75.5 Å². The summed E-state index contributed by atoms with van der Waals surface area (Å²) in [6, 6.07) is 110. The number of aryl methyl sites for hydroxylation is 4. The van der Waals surface area contributed by atoms with Crippen molar-refractivity contribution in [1.29, 1.82) is 0 Å². The quantitative estimate of drug-likeness (QED) is 0.139. The van der Waals surface area contributed by atoms with E-state index >= 15 is 0 Å². The zero-order chi connectivity index (χ0) is 85.6. The smallest absolute Gasteiger partial charge is 0.220 e. The molecular formula is C113H98N4OS+4. The number of fused-ring (bicyclic) bond motifs is 10. The van der Waals surface area contributed by atoms with Crippen LogP contribution in [-0.4, -0.2) is 0 Å². The first-order valence-corrected chi connectivity index (χ1v) is 41.9. The number of rotatable bonds is 8. The number of nitrogens with zero attached hydrogens (tertiary/aromatic N) is 4. The molecule has 0 bridgehead atoms. The Balaban J connectivity index is 0.000000112. The van der Waals surface area contributed by atoms with Gasteiger partial charge in [-0.15, -0.1) is 11.3 Å². The molecule has 0 radical (unpaired) electrons. The van der Waals surface area contributed by atoms with Gasteiger partial charge in [0.15, 0.2) is 22.8 Å². The van der Waals surface area contributed by atoms with Gasteiger partial charge in [-0.25, -0.2) is 0 Å². The van der Waals surface area contributed by atoms with E-state index in [4.69, 9.17) is 9.90 Å². The largest absolute Gasteiger partial charge is 0.464 e. The van der Waals surface area contributed by atoms with Crippen molar-refractivity contribution in [2.45, 2.75) is 74.7 Å². The molecule has 20 aromatic rings. The van der Waals surface area contributed by atoms with E-state index < -0.39 is 0 Å². The molecule has 578 valence electrons. The van der Waals surface area contributed by atoms with Crippen molar-refractivity contribution in [3.05, 3.63) is 395 Å². The Hall–Kier alpha value is -13.5. The maximum absolute atomic E-state index is 8.95. The second-order valence-corrected chi connectivity index (χ2v) is 33.6. The average Bonchev–Trinajstić information content (AvgIpc) is 1.66. The second-order valence-electron chi connectivity index (χ2n) is 32.6. The van der Waals surface area contributed by atoms with Gasteiger partial charge in [-0.1, -0.05) is 220 Å². The third-order valence-corrected chi connectivity index (χ3v) is 25.7. The highest BCUT2D eigenvalue weighted by molar-refractivity contribution is 7.17. The molecule has 0 N–H and O–H groups in total. The van der Waals surface area contributed by atoms with Crippen molar-refractivity contribution < 1.29 is 28.2 Å². The standard InChI is InChI=1S/C33H30N.C28H24N.C26H22NO.C26H22NS/c1-21-17-29-27-13-9-10-14-30(27)33(3,4)31(29)20-28(21)32-26-16-15-24(23-11-7-6-8-12-23)19-25(26)18-22(2)34(32)5;1-19-15-22-11-7-8-12-23(22)18-27(19)28-26-14-13-24(21-9-5-4-6-10-21)17-25(26)16-20(2)29(28)3;2*1-17-13-21-11-12-28-25(21)16-24(17)26-23-10-9-20(19-7-5-4-6-8-19)15-22(23)14-18(2)27(26)3/h6-20H,1-5H3;4-18H,1-3H3;2*4-16H,1-3H3/q4*+1/i18D;16D;2*14D. The summed E-state index contributed by atoms with van der Waals surface area (Å²) >= 11 is 1.78. The summed E-state index contributed by atoms with van der Waals surface area (Å²) < 4.78 is 51.0. The molecule has 14 aromatic carbocycles. The molecule has 1 aliphatic carbocycles. The van der Waals surface area contributed by atoms with Crippen LogP contribution in [0.25, 0.3) is 176 Å². The van der Waals surface area contributed by atoms with E-state index in [0.29, 0.717) is 24.2 Å². The van der Waals surface area contributed by atoms with Crippen molar-refractivity contribution in [3.63, 3.8) is 0 Å². The summed E-state index contributed by atoms with van der Waals surface area (Å²) in [4.78, 5) is 0. The molecule has 0 saturated carbocycles. The summed E-state index contributed by atoms with van der Waals surface area (Å²) in [5.41, 5.74) is 33.9. The molecule has 119 heavy (non-hydrogen) atoms. The SMILES string of the molecule is [2H]c1c(C)[n+](C)c(-c2cc3c(cc2C)-c2ccccc2C3(C)C)c2ccc(-c3ccccc3)cc12.[2H]c1c(C)[n+](C)c(-c2cc3ccccc3cc2C)c2ccc(-c3ccccc3)cc12.[2H]c1c(C)[n+](C)c(-c2cc3occc3cc2C)c2ccc(-c3ccccc3)cc12.[2H]c1c(C)[n+](C)c(-c2cc3sccc3cc2C)c2ccc(-c3ccccc3)cc12. The van der Waals surface area contributed by atoms with E-state index in [1.165, 1.54) is 116 Å². The van der Waals surface area contributed by atoms with E-state index in [-0.39, 0.29) is 5.41 Å². The number of furan rings is 1. The first-order valence-electron chi connectivity index (χ1n) is 43.1. The number of aromatic nitrogens is 4. The summed E-state index contributed by atoms with van der Waals surface area (Å²) in [7, 11) is 8.28. The lowest BCUT2D eigenvalue weighted by atomic mass is 9.81. The van der Waals surface area contributed by atoms with Crippen LogP contribution in [0.15, 0.2) is 344 Å². The average molecular weight is 1560 g/mol. The number of pyridine rings is 4. The molecule has 0 unspecified atom stereocenters. The van der Waals surface area contributed by atoms with E-state index in [1.807, 2.05) is 70.3 Å². The first kappa shape index (κ1) is 72.0. The zero-order valence-corrected chi connectivity index (χ0v) is 70.9. The van der Waals surface area contributed by atoms with Crippen molar-refractivity contribution >= 4 is 86.3 Å². The number of benzene rings is 14. The van der Waals surface area contributed by atoms with E-state index in [1.54, 1.807) is 17.6 Å². The van der Waals surface area contributed by atoms with Crippen LogP contribution in [0.5, 0.6) is 0 Å². The minimum absolute atomic E-state index is 0.0480. The fourth-order valence-corrected chi connectivity index (χ4v) is 18.8. The Morgan fingerprint density at radius 2 is 0.613 bits per heavy atom. The van der Waals surface area contributed by atoms with E-state index in [2.05, 4.69) is 354 Å². The van der Waals surface area contributed by atoms with Gasteiger partial charge >= 0.3 is 0 Å². The van der Waals surface area contributed by atoms with Gasteiger partial charge in [-0.2, -0.15) is 18.3 Å². The Labute approximate surface area is 708 Å². The number of hydrogen-bond acceptors (Lipinski definition) is 2. The molecule has 0 spiro atoms. The highest BCUT2D eigenvalue weighted by Crippen LogP contribution is 2.51. The molecule has 0 aliphatic heterocycles. The first-order chi connectivity index (χ1) is 59.4. The predicted molar refractivity (Wildman–Crippen MR) is 502 cm³/mol. The van der Waals surface area contributed by atoms with Gasteiger partial charge in [0, 0.05) is 67.4 Å². The molecule has 0 amide bonds. The van der Waals surface area contributed by atoms with Crippen LogP contribution in [-0.2, 0) is 33.6 Å². The monoisotopic (exact) mass is 1560 g/mol. The normalized spacial score (nSPS) is 12.5. The maximum atomic E-state index is 8.95. The third kappa shape index (κ3) is 14.4. The summed E-state index contributed by atoms with van der Waals surface area (Å²) in [5.74, 6) is 0. The highest BCUT2D eigenvalue weighted by Gasteiger charge is 2.37. The van der Waals surface area contributed by atoms with Crippen molar-refractivity contribution in [2.75, 3.05) is 0 Å². The molecule has 6 heteroatoms. The highest BCUT2D eigenvalue weighted by atomic mass is 32.1. The Kier molecular flexibility index (Phi) is 19.0. The van der Waals surface area contributed by atoms with Crippen molar-refractivity contribution in [3.8, 4) is 101 Å². The molecule has 6 heterocycles. The Morgan fingerprint density at radius 3 is 1.04 bits per heavy atom. The van der Waals surface area contributed by atoms with Crippen LogP contribution < -0.4 is 18.3 Å². The van der Waals surface area contributed by atoms with Crippen LogP contribution in [0.2, 0.25) is 0 Å².